The van der Waals surface area contributed by atoms with Crippen molar-refractivity contribution in [3.63, 3.8) is 0 Å². The highest BCUT2D eigenvalue weighted by molar-refractivity contribution is 6.04. The SMILES string of the molecule is CN(C(=O)c1nn(C)c2ccccc12)C1CN(c2ccc(C(C)(C)C)nn2)C1. The van der Waals surface area contributed by atoms with E-state index < -0.39 is 0 Å². The monoisotopic (exact) mass is 378 g/mol. The van der Waals surface area contributed by atoms with Gasteiger partial charge in [-0.05, 0) is 18.2 Å². The molecule has 7 nitrogen and oxygen atoms in total. The van der Waals surface area contributed by atoms with Crippen LogP contribution in [0.25, 0.3) is 10.9 Å². The van der Waals surface area contributed by atoms with Crippen LogP contribution >= 0.6 is 0 Å². The third-order valence-corrected chi connectivity index (χ3v) is 5.43. The molecular formula is C21H26N6O. The van der Waals surface area contributed by atoms with Gasteiger partial charge in [0.05, 0.1) is 17.3 Å². The predicted molar refractivity (Wildman–Crippen MR) is 110 cm³/mol. The van der Waals surface area contributed by atoms with E-state index in [9.17, 15) is 4.79 Å². The van der Waals surface area contributed by atoms with Crippen molar-refractivity contribution in [1.82, 2.24) is 24.9 Å². The largest absolute Gasteiger partial charge is 0.351 e. The first-order chi connectivity index (χ1) is 13.3. The van der Waals surface area contributed by atoms with Crippen molar-refractivity contribution < 1.29 is 4.79 Å². The molecule has 0 aliphatic carbocycles. The average molecular weight is 378 g/mol. The molecule has 3 aromatic rings. The summed E-state index contributed by atoms with van der Waals surface area (Å²) in [5.41, 5.74) is 2.43. The Morgan fingerprint density at radius 1 is 1.11 bits per heavy atom. The zero-order valence-corrected chi connectivity index (χ0v) is 17.0. The molecule has 0 atom stereocenters. The zero-order valence-electron chi connectivity index (χ0n) is 17.0. The van der Waals surface area contributed by atoms with Crippen LogP contribution in [0.3, 0.4) is 0 Å². The van der Waals surface area contributed by atoms with Gasteiger partial charge in [-0.1, -0.05) is 39.0 Å². The summed E-state index contributed by atoms with van der Waals surface area (Å²) in [4.78, 5) is 16.9. The van der Waals surface area contributed by atoms with Crippen LogP contribution in [-0.4, -0.2) is 57.0 Å². The van der Waals surface area contributed by atoms with E-state index in [1.54, 1.807) is 9.58 Å². The summed E-state index contributed by atoms with van der Waals surface area (Å²) in [7, 11) is 3.71. The molecule has 1 aliphatic rings. The molecule has 7 heteroatoms. The minimum Gasteiger partial charge on any atom is -0.351 e. The smallest absolute Gasteiger partial charge is 0.275 e. The van der Waals surface area contributed by atoms with Crippen molar-refractivity contribution >= 4 is 22.6 Å². The molecule has 0 unspecified atom stereocenters. The summed E-state index contributed by atoms with van der Waals surface area (Å²) in [5.74, 6) is 0.809. The highest BCUT2D eigenvalue weighted by Crippen LogP contribution is 2.26. The van der Waals surface area contributed by atoms with Gasteiger partial charge in [-0.2, -0.15) is 10.2 Å². The summed E-state index contributed by atoms with van der Waals surface area (Å²) in [6, 6.07) is 12.0. The lowest BCUT2D eigenvalue weighted by Gasteiger charge is -2.44. The first kappa shape index (κ1) is 18.4. The Balaban J connectivity index is 1.44. The normalized spacial score (nSPS) is 15.0. The number of anilines is 1. The molecule has 0 bridgehead atoms. The van der Waals surface area contributed by atoms with Crippen LogP contribution < -0.4 is 4.90 Å². The Morgan fingerprint density at radius 2 is 1.82 bits per heavy atom. The number of aryl methyl sites for hydroxylation is 1. The van der Waals surface area contributed by atoms with Gasteiger partial charge in [-0.25, -0.2) is 0 Å². The maximum Gasteiger partial charge on any atom is 0.275 e. The van der Waals surface area contributed by atoms with Crippen molar-refractivity contribution in [1.29, 1.82) is 0 Å². The van der Waals surface area contributed by atoms with Gasteiger partial charge in [-0.15, -0.1) is 5.10 Å². The highest BCUT2D eigenvalue weighted by atomic mass is 16.2. The fourth-order valence-electron chi connectivity index (χ4n) is 3.49. The number of hydrogen-bond donors (Lipinski definition) is 0. The molecule has 1 saturated heterocycles. The first-order valence-corrected chi connectivity index (χ1v) is 9.54. The van der Waals surface area contributed by atoms with E-state index in [2.05, 4.69) is 41.0 Å². The second kappa shape index (κ2) is 6.58. The van der Waals surface area contributed by atoms with Gasteiger partial charge in [0.2, 0.25) is 0 Å². The van der Waals surface area contributed by atoms with Crippen LogP contribution in [-0.2, 0) is 12.5 Å². The molecule has 1 aromatic carbocycles. The number of carbonyl (C=O) groups is 1. The van der Waals surface area contributed by atoms with Crippen molar-refractivity contribution in [3.8, 4) is 0 Å². The van der Waals surface area contributed by atoms with E-state index >= 15 is 0 Å². The fraction of sp³-hybridized carbons (Fsp3) is 0.429. The predicted octanol–water partition coefficient (Wildman–Crippen LogP) is 2.62. The molecule has 0 spiro atoms. The number of likely N-dealkylation sites (N-methyl/N-ethyl adjacent to an activating group) is 1. The zero-order chi connectivity index (χ0) is 20.1. The lowest BCUT2D eigenvalue weighted by atomic mass is 9.92. The van der Waals surface area contributed by atoms with Crippen LogP contribution in [0.4, 0.5) is 5.82 Å². The van der Waals surface area contributed by atoms with E-state index in [1.807, 2.05) is 50.5 Å². The molecule has 0 radical (unpaired) electrons. The van der Waals surface area contributed by atoms with E-state index in [-0.39, 0.29) is 17.4 Å². The van der Waals surface area contributed by atoms with Gasteiger partial charge in [0.15, 0.2) is 11.5 Å². The summed E-state index contributed by atoms with van der Waals surface area (Å²) in [5, 5.41) is 14.1. The minimum absolute atomic E-state index is 0.0128. The second-order valence-corrected chi connectivity index (χ2v) is 8.49. The first-order valence-electron chi connectivity index (χ1n) is 9.54. The molecule has 1 amide bonds. The maximum atomic E-state index is 13.0. The third-order valence-electron chi connectivity index (χ3n) is 5.43. The Kier molecular flexibility index (Phi) is 4.33. The van der Waals surface area contributed by atoms with Crippen LogP contribution in [0.1, 0.15) is 37.0 Å². The van der Waals surface area contributed by atoms with E-state index in [4.69, 9.17) is 0 Å². The van der Waals surface area contributed by atoms with Crippen molar-refractivity contribution in [2.75, 3.05) is 25.0 Å². The number of fused-ring (bicyclic) bond motifs is 1. The summed E-state index contributed by atoms with van der Waals surface area (Å²) in [6.07, 6.45) is 0. The van der Waals surface area contributed by atoms with Crippen LogP contribution in [0, 0.1) is 0 Å². The molecule has 1 aliphatic heterocycles. The molecule has 1 fully saturated rings. The highest BCUT2D eigenvalue weighted by Gasteiger charge is 2.35. The molecule has 2 aromatic heterocycles. The van der Waals surface area contributed by atoms with Crippen molar-refractivity contribution in [2.45, 2.75) is 32.2 Å². The summed E-state index contributed by atoms with van der Waals surface area (Å²) in [6.45, 7) is 7.86. The number of hydrogen-bond acceptors (Lipinski definition) is 5. The number of amides is 1. The average Bonchev–Trinajstić information content (AvgIpc) is 2.96. The van der Waals surface area contributed by atoms with E-state index in [1.165, 1.54) is 0 Å². The van der Waals surface area contributed by atoms with Gasteiger partial charge in [0, 0.05) is 38.0 Å². The van der Waals surface area contributed by atoms with E-state index in [0.717, 1.165) is 35.5 Å². The Morgan fingerprint density at radius 3 is 2.46 bits per heavy atom. The topological polar surface area (TPSA) is 67.2 Å². The Hall–Kier alpha value is -2.96. The summed E-state index contributed by atoms with van der Waals surface area (Å²) >= 11 is 0. The number of benzene rings is 1. The Bertz CT molecular complexity index is 1010. The lowest BCUT2D eigenvalue weighted by molar-refractivity contribution is 0.0700. The van der Waals surface area contributed by atoms with Crippen molar-refractivity contribution in [3.05, 3.63) is 47.8 Å². The maximum absolute atomic E-state index is 13.0. The van der Waals surface area contributed by atoms with Crippen LogP contribution in [0.5, 0.6) is 0 Å². The number of aromatic nitrogens is 4. The van der Waals surface area contributed by atoms with Crippen LogP contribution in [0.15, 0.2) is 36.4 Å². The number of nitrogens with zero attached hydrogens (tertiary/aromatic N) is 6. The van der Waals surface area contributed by atoms with E-state index in [0.29, 0.717) is 5.69 Å². The van der Waals surface area contributed by atoms with Crippen LogP contribution in [0.2, 0.25) is 0 Å². The number of carbonyl (C=O) groups excluding carboxylic acids is 1. The summed E-state index contributed by atoms with van der Waals surface area (Å²) < 4.78 is 1.76. The van der Waals surface area contributed by atoms with Gasteiger partial charge in [0.25, 0.3) is 5.91 Å². The third kappa shape index (κ3) is 3.10. The fourth-order valence-corrected chi connectivity index (χ4v) is 3.49. The molecular weight excluding hydrogens is 352 g/mol. The van der Waals surface area contributed by atoms with Crippen molar-refractivity contribution in [2.24, 2.45) is 7.05 Å². The molecule has 0 saturated carbocycles. The molecule has 146 valence electrons. The van der Waals surface area contributed by atoms with Gasteiger partial charge in [0.1, 0.15) is 0 Å². The van der Waals surface area contributed by atoms with Gasteiger partial charge < -0.3 is 9.80 Å². The lowest BCUT2D eigenvalue weighted by Crippen LogP contribution is -2.60. The molecule has 3 heterocycles. The molecule has 4 rings (SSSR count). The second-order valence-electron chi connectivity index (χ2n) is 8.49. The number of rotatable bonds is 3. The quantitative estimate of drug-likeness (QED) is 0.701. The molecule has 0 N–H and O–H groups in total. The standard InChI is InChI=1S/C21H26N6O/c1-21(2,3)17-10-11-18(23-22-17)27-12-14(13-27)25(4)20(28)19-15-8-6-7-9-16(15)26(5)24-19/h6-11,14H,12-13H2,1-5H3. The van der Waals surface area contributed by atoms with Gasteiger partial charge >= 0.3 is 0 Å². The molecule has 28 heavy (non-hydrogen) atoms. The van der Waals surface area contributed by atoms with Gasteiger partial charge in [-0.3, -0.25) is 9.48 Å². The minimum atomic E-state index is -0.0457. The number of para-hydroxylation sites is 1. The Labute approximate surface area is 165 Å².